The van der Waals surface area contributed by atoms with Gasteiger partial charge in [0.05, 0.1) is 23.5 Å². The van der Waals surface area contributed by atoms with Crippen LogP contribution in [0.4, 0.5) is 0 Å². The highest BCUT2D eigenvalue weighted by atomic mass is 35.5. The molecule has 0 atom stereocenters. The number of aromatic nitrogens is 3. The number of nitrogens with one attached hydrogen (secondary N) is 1. The highest BCUT2D eigenvalue weighted by Crippen LogP contribution is 2.42. The van der Waals surface area contributed by atoms with Crippen molar-refractivity contribution < 1.29 is 13.2 Å². The Morgan fingerprint density at radius 2 is 1.93 bits per heavy atom. The molecule has 2 heterocycles. The van der Waals surface area contributed by atoms with Crippen molar-refractivity contribution in [3.05, 3.63) is 41.2 Å². The minimum Gasteiger partial charge on any atom is -0.366 e. The molecular weight excluding hydrogens is 426 g/mol. The Labute approximate surface area is 179 Å². The molecule has 0 bridgehead atoms. The fraction of sp³-hybridized carbons (Fsp3) is 0.350. The molecule has 1 aromatic carbocycles. The Morgan fingerprint density at radius 1 is 1.27 bits per heavy atom. The second-order valence-electron chi connectivity index (χ2n) is 7.72. The quantitative estimate of drug-likeness (QED) is 0.600. The molecule has 30 heavy (non-hydrogen) atoms. The summed E-state index contributed by atoms with van der Waals surface area (Å²) >= 11 is 6.22. The first-order chi connectivity index (χ1) is 14.2. The van der Waals surface area contributed by atoms with E-state index in [1.54, 1.807) is 32.0 Å². The van der Waals surface area contributed by atoms with Crippen LogP contribution < -0.4 is 10.5 Å². The molecule has 10 heteroatoms. The molecule has 3 aromatic rings. The molecule has 0 unspecified atom stereocenters. The summed E-state index contributed by atoms with van der Waals surface area (Å²) in [6.45, 7) is 3.46. The average Bonchev–Trinajstić information content (AvgIpc) is 2.94. The minimum atomic E-state index is -3.73. The number of hydrogen-bond donors (Lipinski definition) is 2. The molecular formula is C20H22ClN5O3S. The third kappa shape index (κ3) is 3.57. The minimum absolute atomic E-state index is 0.0464. The largest absolute Gasteiger partial charge is 0.366 e. The van der Waals surface area contributed by atoms with Gasteiger partial charge in [-0.25, -0.2) is 23.1 Å². The summed E-state index contributed by atoms with van der Waals surface area (Å²) in [4.78, 5) is 20.9. The van der Waals surface area contributed by atoms with Crippen molar-refractivity contribution in [2.24, 2.45) is 5.73 Å². The van der Waals surface area contributed by atoms with Gasteiger partial charge >= 0.3 is 0 Å². The van der Waals surface area contributed by atoms with Crippen LogP contribution in [0.1, 0.15) is 49.5 Å². The van der Waals surface area contributed by atoms with Crippen molar-refractivity contribution in [1.29, 1.82) is 0 Å². The van der Waals surface area contributed by atoms with Crippen LogP contribution in [0.5, 0.6) is 0 Å². The number of benzene rings is 1. The second kappa shape index (κ2) is 7.64. The molecule has 1 aliphatic rings. The van der Waals surface area contributed by atoms with E-state index >= 15 is 0 Å². The third-order valence-electron chi connectivity index (χ3n) is 5.19. The number of carbonyl (C=O) groups is 1. The van der Waals surface area contributed by atoms with Crippen LogP contribution in [0.25, 0.3) is 22.4 Å². The van der Waals surface area contributed by atoms with Crippen LogP contribution >= 0.6 is 11.6 Å². The number of halogens is 1. The van der Waals surface area contributed by atoms with Crippen LogP contribution in [0, 0.1) is 0 Å². The first kappa shape index (κ1) is 20.8. The third-order valence-corrected chi connectivity index (χ3v) is 7.04. The van der Waals surface area contributed by atoms with Crippen LogP contribution in [0.3, 0.4) is 0 Å². The number of fused-ring (bicyclic) bond motifs is 1. The second-order valence-corrected chi connectivity index (χ2v) is 9.87. The fourth-order valence-corrected chi connectivity index (χ4v) is 5.04. The summed E-state index contributed by atoms with van der Waals surface area (Å²) in [5.41, 5.74) is 7.33. The first-order valence-electron chi connectivity index (χ1n) is 9.67. The molecule has 0 aliphatic heterocycles. The maximum atomic E-state index is 12.4. The van der Waals surface area contributed by atoms with Crippen molar-refractivity contribution in [2.45, 2.75) is 50.1 Å². The van der Waals surface area contributed by atoms with Gasteiger partial charge in [-0.05, 0) is 45.2 Å². The first-order valence-corrected chi connectivity index (χ1v) is 11.5. The molecule has 0 radical (unpaired) electrons. The number of hydrogen-bond acceptors (Lipinski definition) is 5. The van der Waals surface area contributed by atoms with Gasteiger partial charge in [-0.3, -0.25) is 4.79 Å². The molecule has 0 spiro atoms. The van der Waals surface area contributed by atoms with Crippen molar-refractivity contribution in [3.8, 4) is 11.5 Å². The summed E-state index contributed by atoms with van der Waals surface area (Å²) in [6.07, 6.45) is 5.47. The van der Waals surface area contributed by atoms with Gasteiger partial charge in [0.25, 0.3) is 5.91 Å². The van der Waals surface area contributed by atoms with E-state index in [1.165, 1.54) is 12.4 Å². The van der Waals surface area contributed by atoms with E-state index in [2.05, 4.69) is 14.7 Å². The number of nitrogens with two attached hydrogens (primary N) is 1. The van der Waals surface area contributed by atoms with E-state index in [9.17, 15) is 13.2 Å². The molecule has 8 nitrogen and oxygen atoms in total. The molecule has 1 saturated carbocycles. The molecule has 158 valence electrons. The molecule has 3 N–H and O–H groups in total. The molecule has 1 fully saturated rings. The number of amides is 1. The number of rotatable bonds is 6. The zero-order valence-electron chi connectivity index (χ0n) is 16.6. The van der Waals surface area contributed by atoms with Crippen molar-refractivity contribution >= 4 is 38.4 Å². The number of nitrogens with zero attached hydrogens (tertiary/aromatic N) is 3. The van der Waals surface area contributed by atoms with Crippen molar-refractivity contribution in [3.63, 3.8) is 0 Å². The molecule has 0 saturated heterocycles. The zero-order valence-corrected chi connectivity index (χ0v) is 18.2. The highest BCUT2D eigenvalue weighted by Gasteiger charge is 2.31. The smallest absolute Gasteiger partial charge is 0.251 e. The Kier molecular flexibility index (Phi) is 5.29. The van der Waals surface area contributed by atoms with Gasteiger partial charge in [0, 0.05) is 22.5 Å². The zero-order chi connectivity index (χ0) is 21.6. The Bertz CT molecular complexity index is 1230. The average molecular weight is 448 g/mol. The van der Waals surface area contributed by atoms with Crippen molar-refractivity contribution in [1.82, 2.24) is 19.3 Å². The Morgan fingerprint density at radius 3 is 2.47 bits per heavy atom. The Balaban J connectivity index is 1.92. The fourth-order valence-electron chi connectivity index (χ4n) is 3.73. The lowest BCUT2D eigenvalue weighted by atomic mass is 9.92. The SMILES string of the molecule is CC(C)NS(=O)(=O)c1cnc(-c2c(C(N)=O)c3ccc(Cl)cc3n2C2CCC2)nc1. The van der Waals surface area contributed by atoms with E-state index in [1.807, 2.05) is 4.57 Å². The van der Waals surface area contributed by atoms with Crippen LogP contribution in [0.15, 0.2) is 35.5 Å². The summed E-state index contributed by atoms with van der Waals surface area (Å²) < 4.78 is 29.3. The van der Waals surface area contributed by atoms with Gasteiger partial charge in [0.15, 0.2) is 5.82 Å². The summed E-state index contributed by atoms with van der Waals surface area (Å²) in [5, 5.41) is 1.22. The molecule has 4 rings (SSSR count). The van der Waals surface area contributed by atoms with Crippen LogP contribution in [-0.4, -0.2) is 34.9 Å². The number of carbonyl (C=O) groups excluding carboxylic acids is 1. The van der Waals surface area contributed by atoms with E-state index in [4.69, 9.17) is 17.3 Å². The molecule has 2 aromatic heterocycles. The van der Waals surface area contributed by atoms with Crippen LogP contribution in [-0.2, 0) is 10.0 Å². The standard InChI is InChI=1S/C20H22ClN5O3S/c1-11(2)25-30(28,29)14-9-23-20(24-10-14)18-17(19(22)27)15-7-6-12(21)8-16(15)26(18)13-4-3-5-13/h6-11,13,25H,3-5H2,1-2H3,(H2,22,27). The maximum Gasteiger partial charge on any atom is 0.251 e. The van der Waals surface area contributed by atoms with E-state index in [0.717, 1.165) is 24.8 Å². The molecule has 1 amide bonds. The normalized spacial score (nSPS) is 14.9. The predicted octanol–water partition coefficient (Wildman–Crippen LogP) is 3.26. The number of sulfonamides is 1. The topological polar surface area (TPSA) is 120 Å². The predicted molar refractivity (Wildman–Crippen MR) is 115 cm³/mol. The van der Waals surface area contributed by atoms with Gasteiger partial charge in [0.1, 0.15) is 10.6 Å². The molecule has 1 aliphatic carbocycles. The van der Waals surface area contributed by atoms with E-state index in [0.29, 0.717) is 21.7 Å². The lowest BCUT2D eigenvalue weighted by molar-refractivity contribution is 0.100. The summed E-state index contributed by atoms with van der Waals surface area (Å²) in [5.74, 6) is -0.358. The Hall–Kier alpha value is -2.49. The van der Waals surface area contributed by atoms with E-state index in [-0.39, 0.29) is 22.8 Å². The highest BCUT2D eigenvalue weighted by molar-refractivity contribution is 7.89. The van der Waals surface area contributed by atoms with Crippen molar-refractivity contribution in [2.75, 3.05) is 0 Å². The van der Waals surface area contributed by atoms with Gasteiger partial charge in [0.2, 0.25) is 10.0 Å². The lowest BCUT2D eigenvalue weighted by Crippen LogP contribution is -2.30. The summed E-state index contributed by atoms with van der Waals surface area (Å²) in [7, 11) is -3.73. The number of primary amides is 1. The van der Waals surface area contributed by atoms with Gasteiger partial charge in [-0.1, -0.05) is 17.7 Å². The van der Waals surface area contributed by atoms with E-state index < -0.39 is 15.9 Å². The van der Waals surface area contributed by atoms with Gasteiger partial charge in [-0.2, -0.15) is 0 Å². The van der Waals surface area contributed by atoms with Gasteiger partial charge < -0.3 is 10.3 Å². The van der Waals surface area contributed by atoms with Crippen LogP contribution in [0.2, 0.25) is 5.02 Å². The lowest BCUT2D eigenvalue weighted by Gasteiger charge is -2.30. The summed E-state index contributed by atoms with van der Waals surface area (Å²) in [6, 6.07) is 5.18. The monoisotopic (exact) mass is 447 g/mol. The van der Waals surface area contributed by atoms with Gasteiger partial charge in [-0.15, -0.1) is 0 Å². The maximum absolute atomic E-state index is 12.4.